The van der Waals surface area contributed by atoms with Crippen LogP contribution in [0.2, 0.25) is 0 Å². The van der Waals surface area contributed by atoms with Crippen molar-refractivity contribution in [3.05, 3.63) is 35.9 Å². The van der Waals surface area contributed by atoms with E-state index in [1.54, 1.807) is 0 Å². The van der Waals surface area contributed by atoms with Crippen molar-refractivity contribution >= 4 is 42.2 Å². The standard InChI is InChI=1S/C22H35N3O5S2/c1-3-17(24-21(28)16(23)13-31)19(26)12-15(11-14-7-5-4-6-8-14)20(27)25-18(22(29)30)9-10-32-2/h4-8,15-19,26,31H,3,9-13,23H2,1-2H3,(H,24,28)(H,25,27)(H,29,30)/t15-,16+,17+,18+,19+/m1/s1. The quantitative estimate of drug-likeness (QED) is 0.204. The maximum Gasteiger partial charge on any atom is 0.326 e. The van der Waals surface area contributed by atoms with Crippen molar-refractivity contribution in [1.82, 2.24) is 10.6 Å². The average molecular weight is 486 g/mol. The monoisotopic (exact) mass is 485 g/mol. The van der Waals surface area contributed by atoms with Crippen molar-refractivity contribution in [1.29, 1.82) is 0 Å². The van der Waals surface area contributed by atoms with E-state index in [1.165, 1.54) is 11.8 Å². The van der Waals surface area contributed by atoms with Gasteiger partial charge in [-0.1, -0.05) is 37.3 Å². The molecule has 1 rings (SSSR count). The first-order chi connectivity index (χ1) is 15.2. The molecule has 2 amide bonds. The Kier molecular flexibility index (Phi) is 13.4. The van der Waals surface area contributed by atoms with E-state index in [2.05, 4.69) is 23.3 Å². The minimum absolute atomic E-state index is 0.0600. The number of nitrogens with two attached hydrogens (primary N) is 1. The van der Waals surface area contributed by atoms with Gasteiger partial charge in [-0.05, 0) is 43.3 Å². The van der Waals surface area contributed by atoms with Crippen LogP contribution in [0.1, 0.15) is 31.7 Å². The number of nitrogens with one attached hydrogen (secondary N) is 2. The normalized spacial score (nSPS) is 15.8. The Bertz CT molecular complexity index is 723. The van der Waals surface area contributed by atoms with Gasteiger partial charge in [0, 0.05) is 11.7 Å². The number of carboxylic acids is 1. The summed E-state index contributed by atoms with van der Waals surface area (Å²) in [6.45, 7) is 1.82. The van der Waals surface area contributed by atoms with Crippen molar-refractivity contribution in [3.63, 3.8) is 0 Å². The maximum atomic E-state index is 13.0. The second-order valence-electron chi connectivity index (χ2n) is 7.68. The van der Waals surface area contributed by atoms with Gasteiger partial charge in [0.2, 0.25) is 11.8 Å². The number of rotatable bonds is 15. The van der Waals surface area contributed by atoms with Crippen LogP contribution in [0.5, 0.6) is 0 Å². The topological polar surface area (TPSA) is 142 Å². The first-order valence-corrected chi connectivity index (χ1v) is 12.7. The number of aliphatic hydroxyl groups excluding tert-OH is 1. The molecule has 0 unspecified atom stereocenters. The third kappa shape index (κ3) is 9.81. The van der Waals surface area contributed by atoms with E-state index in [0.29, 0.717) is 25.0 Å². The Morgan fingerprint density at radius 3 is 2.34 bits per heavy atom. The number of carbonyl (C=O) groups is 3. The lowest BCUT2D eigenvalue weighted by Gasteiger charge is -2.28. The van der Waals surface area contributed by atoms with Gasteiger partial charge >= 0.3 is 5.97 Å². The van der Waals surface area contributed by atoms with Crippen LogP contribution in [-0.4, -0.2) is 70.0 Å². The second-order valence-corrected chi connectivity index (χ2v) is 9.03. The van der Waals surface area contributed by atoms with Crippen LogP contribution >= 0.6 is 24.4 Å². The second kappa shape index (κ2) is 15.2. The molecule has 0 saturated heterocycles. The molecule has 0 radical (unpaired) electrons. The van der Waals surface area contributed by atoms with Gasteiger partial charge in [-0.15, -0.1) is 0 Å². The number of carboxylic acid groups (broad SMARTS) is 1. The number of benzene rings is 1. The van der Waals surface area contributed by atoms with E-state index in [0.717, 1.165) is 5.56 Å². The third-order valence-electron chi connectivity index (χ3n) is 5.21. The number of thiol groups is 1. The number of hydrogen-bond donors (Lipinski definition) is 6. The van der Waals surface area contributed by atoms with Gasteiger partial charge in [0.25, 0.3) is 0 Å². The van der Waals surface area contributed by atoms with Crippen LogP contribution in [0.25, 0.3) is 0 Å². The molecule has 5 atom stereocenters. The van der Waals surface area contributed by atoms with Gasteiger partial charge in [0.05, 0.1) is 18.2 Å². The predicted molar refractivity (Wildman–Crippen MR) is 131 cm³/mol. The molecular formula is C22H35N3O5S2. The molecule has 10 heteroatoms. The largest absolute Gasteiger partial charge is 0.480 e. The Balaban J connectivity index is 2.97. The molecular weight excluding hydrogens is 450 g/mol. The Hall–Kier alpha value is -1.75. The first-order valence-electron chi connectivity index (χ1n) is 10.6. The van der Waals surface area contributed by atoms with Crippen molar-refractivity contribution in [2.24, 2.45) is 11.7 Å². The Morgan fingerprint density at radius 2 is 1.81 bits per heavy atom. The number of amides is 2. The minimum atomic E-state index is -1.09. The van der Waals surface area contributed by atoms with Gasteiger partial charge in [-0.25, -0.2) is 4.79 Å². The van der Waals surface area contributed by atoms with Gasteiger partial charge in [0.15, 0.2) is 0 Å². The highest BCUT2D eigenvalue weighted by atomic mass is 32.2. The van der Waals surface area contributed by atoms with Crippen molar-refractivity contribution in [2.45, 2.75) is 56.8 Å². The van der Waals surface area contributed by atoms with E-state index in [1.807, 2.05) is 43.5 Å². The van der Waals surface area contributed by atoms with E-state index in [-0.39, 0.29) is 12.2 Å². The van der Waals surface area contributed by atoms with Crippen LogP contribution in [-0.2, 0) is 20.8 Å². The number of thioether (sulfide) groups is 1. The number of aliphatic hydroxyl groups is 1. The summed E-state index contributed by atoms with van der Waals surface area (Å²) in [7, 11) is 0. The summed E-state index contributed by atoms with van der Waals surface area (Å²) >= 11 is 5.52. The van der Waals surface area contributed by atoms with Gasteiger partial charge in [-0.3, -0.25) is 9.59 Å². The third-order valence-corrected chi connectivity index (χ3v) is 6.25. The van der Waals surface area contributed by atoms with Crippen LogP contribution < -0.4 is 16.4 Å². The summed E-state index contributed by atoms with van der Waals surface area (Å²) in [6, 6.07) is 6.94. The lowest BCUT2D eigenvalue weighted by Crippen LogP contribution is -2.51. The molecule has 0 fully saturated rings. The fourth-order valence-corrected chi connectivity index (χ4v) is 3.90. The van der Waals surface area contributed by atoms with Crippen LogP contribution in [0.3, 0.4) is 0 Å². The van der Waals surface area contributed by atoms with Gasteiger partial charge in [-0.2, -0.15) is 24.4 Å². The predicted octanol–water partition coefficient (Wildman–Crippen LogP) is 1.07. The number of hydrogen-bond acceptors (Lipinski definition) is 7. The van der Waals surface area contributed by atoms with Crippen LogP contribution in [0.15, 0.2) is 30.3 Å². The average Bonchev–Trinajstić information content (AvgIpc) is 2.79. The zero-order chi connectivity index (χ0) is 24.1. The molecule has 0 aromatic heterocycles. The van der Waals surface area contributed by atoms with E-state index in [9.17, 15) is 24.6 Å². The summed E-state index contributed by atoms with van der Waals surface area (Å²) < 4.78 is 0. The molecule has 1 aromatic rings. The van der Waals surface area contributed by atoms with E-state index < -0.39 is 47.9 Å². The highest BCUT2D eigenvalue weighted by molar-refractivity contribution is 7.98. The molecule has 1 aromatic carbocycles. The lowest BCUT2D eigenvalue weighted by atomic mass is 9.89. The maximum absolute atomic E-state index is 13.0. The summed E-state index contributed by atoms with van der Waals surface area (Å²) in [4.78, 5) is 36.7. The number of carbonyl (C=O) groups excluding carboxylic acids is 2. The van der Waals surface area contributed by atoms with Crippen molar-refractivity contribution in [2.75, 3.05) is 17.8 Å². The fourth-order valence-electron chi connectivity index (χ4n) is 3.26. The fraction of sp³-hybridized carbons (Fsp3) is 0.591. The molecule has 6 N–H and O–H groups in total. The summed E-state index contributed by atoms with van der Waals surface area (Å²) in [5, 5.41) is 25.6. The molecule has 0 aliphatic rings. The molecule has 0 spiro atoms. The molecule has 0 aliphatic heterocycles. The molecule has 0 bridgehead atoms. The molecule has 0 saturated carbocycles. The summed E-state index contributed by atoms with van der Waals surface area (Å²) in [6.07, 6.45) is 2.00. The highest BCUT2D eigenvalue weighted by Gasteiger charge is 2.30. The van der Waals surface area contributed by atoms with E-state index in [4.69, 9.17) is 5.73 Å². The smallest absolute Gasteiger partial charge is 0.326 e. The van der Waals surface area contributed by atoms with Crippen molar-refractivity contribution < 1.29 is 24.6 Å². The first kappa shape index (κ1) is 28.3. The van der Waals surface area contributed by atoms with Gasteiger partial charge in [0.1, 0.15) is 6.04 Å². The van der Waals surface area contributed by atoms with Crippen LogP contribution in [0.4, 0.5) is 0 Å². The molecule has 32 heavy (non-hydrogen) atoms. The minimum Gasteiger partial charge on any atom is -0.480 e. The van der Waals surface area contributed by atoms with E-state index >= 15 is 0 Å². The molecule has 8 nitrogen and oxygen atoms in total. The Morgan fingerprint density at radius 1 is 1.16 bits per heavy atom. The Labute approximate surface area is 199 Å². The zero-order valence-corrected chi connectivity index (χ0v) is 20.3. The van der Waals surface area contributed by atoms with Crippen LogP contribution in [0, 0.1) is 5.92 Å². The zero-order valence-electron chi connectivity index (χ0n) is 18.6. The summed E-state index contributed by atoms with van der Waals surface area (Å²) in [5.41, 5.74) is 6.60. The number of aliphatic carboxylic acids is 1. The lowest BCUT2D eigenvalue weighted by molar-refractivity contribution is -0.142. The molecule has 180 valence electrons. The molecule has 0 heterocycles. The highest BCUT2D eigenvalue weighted by Crippen LogP contribution is 2.18. The van der Waals surface area contributed by atoms with Gasteiger partial charge < -0.3 is 26.6 Å². The molecule has 0 aliphatic carbocycles. The van der Waals surface area contributed by atoms with Crippen molar-refractivity contribution in [3.8, 4) is 0 Å². The SMILES string of the molecule is CC[C@H](NC(=O)[C@@H](N)CS)[C@@H](O)C[C@@H](Cc1ccccc1)C(=O)N[C@@H](CCSC)C(=O)O. The summed E-state index contributed by atoms with van der Waals surface area (Å²) in [5.74, 6) is -1.85.